The number of rotatable bonds is 10. The summed E-state index contributed by atoms with van der Waals surface area (Å²) >= 11 is 0. The van der Waals surface area contributed by atoms with E-state index in [1.807, 2.05) is 0 Å². The van der Waals surface area contributed by atoms with Gasteiger partial charge in [0.25, 0.3) is 0 Å². The molecule has 1 heterocycles. The van der Waals surface area contributed by atoms with Gasteiger partial charge in [0, 0.05) is 6.07 Å². The van der Waals surface area contributed by atoms with Gasteiger partial charge >= 0.3 is 5.97 Å². The van der Waals surface area contributed by atoms with Crippen LogP contribution in [0.4, 0.5) is 8.78 Å². The average Bonchev–Trinajstić information content (AvgIpc) is 2.64. The standard InChI is InChI=1S/C20H29BF2N2O2/c21-10-2-1-9-20(24,19(26)27)16-7-12-25(13-8-16)11-3-4-15-5-6-17(22)14-18(15)23/h5-6,14,16H,1-4,7-13,24H2,(H,26,27). The van der Waals surface area contributed by atoms with E-state index in [0.717, 1.165) is 57.8 Å². The van der Waals surface area contributed by atoms with Crippen LogP contribution in [-0.4, -0.2) is 49.0 Å². The Hall–Kier alpha value is -1.47. The summed E-state index contributed by atoms with van der Waals surface area (Å²) in [4.78, 5) is 14.0. The van der Waals surface area contributed by atoms with Crippen LogP contribution in [0.3, 0.4) is 0 Å². The molecule has 1 aromatic rings. The van der Waals surface area contributed by atoms with Crippen molar-refractivity contribution < 1.29 is 18.7 Å². The smallest absolute Gasteiger partial charge is 0.323 e. The third-order valence-electron chi connectivity index (χ3n) is 5.69. The highest BCUT2D eigenvalue weighted by atomic mass is 19.1. The van der Waals surface area contributed by atoms with Crippen LogP contribution in [0, 0.1) is 17.6 Å². The van der Waals surface area contributed by atoms with E-state index in [2.05, 4.69) is 4.90 Å². The van der Waals surface area contributed by atoms with Crippen LogP contribution in [0.15, 0.2) is 18.2 Å². The van der Waals surface area contributed by atoms with E-state index in [9.17, 15) is 18.7 Å². The van der Waals surface area contributed by atoms with Gasteiger partial charge in [-0.1, -0.05) is 25.2 Å². The highest BCUT2D eigenvalue weighted by Gasteiger charge is 2.42. The largest absolute Gasteiger partial charge is 0.480 e. The molecular weight excluding hydrogens is 349 g/mol. The molecule has 1 saturated heterocycles. The van der Waals surface area contributed by atoms with Crippen LogP contribution in [-0.2, 0) is 11.2 Å². The quantitative estimate of drug-likeness (QED) is 0.485. The lowest BCUT2D eigenvalue weighted by Gasteiger charge is -2.40. The fourth-order valence-corrected chi connectivity index (χ4v) is 3.94. The number of piperidine rings is 1. The van der Waals surface area contributed by atoms with E-state index in [1.54, 1.807) is 0 Å². The third kappa shape index (κ3) is 6.01. The summed E-state index contributed by atoms with van der Waals surface area (Å²) in [5.41, 5.74) is 5.62. The minimum absolute atomic E-state index is 0.0430. The number of nitrogens with zero attached hydrogens (tertiary/aromatic N) is 1. The van der Waals surface area contributed by atoms with E-state index >= 15 is 0 Å². The van der Waals surface area contributed by atoms with Crippen LogP contribution in [0.5, 0.6) is 0 Å². The van der Waals surface area contributed by atoms with Gasteiger partial charge < -0.3 is 15.7 Å². The van der Waals surface area contributed by atoms with E-state index in [1.165, 1.54) is 12.1 Å². The molecule has 3 N–H and O–H groups in total. The van der Waals surface area contributed by atoms with Crippen molar-refractivity contribution in [2.45, 2.75) is 56.8 Å². The Bertz CT molecular complexity index is 624. The summed E-state index contributed by atoms with van der Waals surface area (Å²) in [5, 5.41) is 9.63. The molecule has 148 valence electrons. The van der Waals surface area contributed by atoms with Crippen LogP contribution in [0.1, 0.15) is 44.1 Å². The van der Waals surface area contributed by atoms with Crippen molar-refractivity contribution in [1.82, 2.24) is 4.90 Å². The SMILES string of the molecule is [B]CCCCC(N)(C(=O)O)C1CCN(CCCc2ccc(F)cc2F)CC1. The molecule has 0 saturated carbocycles. The molecular formula is C20H29BF2N2O2. The summed E-state index contributed by atoms with van der Waals surface area (Å²) in [6, 6.07) is 3.69. The summed E-state index contributed by atoms with van der Waals surface area (Å²) in [6.45, 7) is 2.39. The van der Waals surface area contributed by atoms with Gasteiger partial charge in [0.1, 0.15) is 17.2 Å². The maximum absolute atomic E-state index is 13.7. The topological polar surface area (TPSA) is 66.6 Å². The van der Waals surface area contributed by atoms with E-state index in [4.69, 9.17) is 13.6 Å². The van der Waals surface area contributed by atoms with Crippen LogP contribution >= 0.6 is 0 Å². The summed E-state index contributed by atoms with van der Waals surface area (Å²) < 4.78 is 26.6. The van der Waals surface area contributed by atoms with Crippen molar-refractivity contribution in [2.24, 2.45) is 11.7 Å². The molecule has 2 rings (SSSR count). The monoisotopic (exact) mass is 378 g/mol. The van der Waals surface area contributed by atoms with Crippen molar-refractivity contribution in [3.05, 3.63) is 35.4 Å². The van der Waals surface area contributed by atoms with Crippen molar-refractivity contribution in [1.29, 1.82) is 0 Å². The van der Waals surface area contributed by atoms with Gasteiger partial charge in [0.15, 0.2) is 0 Å². The molecule has 1 unspecified atom stereocenters. The summed E-state index contributed by atoms with van der Waals surface area (Å²) in [5.74, 6) is -2.03. The first-order valence-corrected chi connectivity index (χ1v) is 9.75. The Kier molecular flexibility index (Phi) is 8.23. The minimum atomic E-state index is -1.18. The number of halogens is 2. The number of aliphatic carboxylic acids is 1. The van der Waals surface area contributed by atoms with Crippen molar-refractivity contribution in [3.8, 4) is 0 Å². The van der Waals surface area contributed by atoms with Gasteiger partial charge in [-0.3, -0.25) is 4.79 Å². The van der Waals surface area contributed by atoms with Gasteiger partial charge in [-0.05, 0) is 69.3 Å². The number of hydrogen-bond donors (Lipinski definition) is 2. The molecule has 1 atom stereocenters. The van der Waals surface area contributed by atoms with Crippen LogP contribution in [0.25, 0.3) is 0 Å². The number of unbranched alkanes of at least 4 members (excludes halogenated alkanes) is 1. The highest BCUT2D eigenvalue weighted by molar-refractivity contribution is 6.08. The lowest BCUT2D eigenvalue weighted by Crippen LogP contribution is -2.57. The van der Waals surface area contributed by atoms with Crippen LogP contribution in [0.2, 0.25) is 6.32 Å². The van der Waals surface area contributed by atoms with E-state index in [0.29, 0.717) is 24.7 Å². The Labute approximate surface area is 161 Å². The van der Waals surface area contributed by atoms with E-state index in [-0.39, 0.29) is 5.92 Å². The average molecular weight is 378 g/mol. The van der Waals surface area contributed by atoms with Gasteiger partial charge in [0.2, 0.25) is 0 Å². The zero-order chi connectivity index (χ0) is 19.9. The number of carboxylic acid groups (broad SMARTS) is 1. The maximum Gasteiger partial charge on any atom is 0.323 e. The predicted octanol–water partition coefficient (Wildman–Crippen LogP) is 3.15. The number of nitrogens with two attached hydrogens (primary N) is 1. The molecule has 0 bridgehead atoms. The lowest BCUT2D eigenvalue weighted by atomic mass is 9.75. The molecule has 2 radical (unpaired) electrons. The molecule has 1 aliphatic heterocycles. The Morgan fingerprint density at radius 1 is 1.26 bits per heavy atom. The van der Waals surface area contributed by atoms with Crippen molar-refractivity contribution >= 4 is 13.8 Å². The first kappa shape index (κ1) is 21.8. The number of benzene rings is 1. The van der Waals surface area contributed by atoms with Gasteiger partial charge in [-0.25, -0.2) is 8.78 Å². The number of carboxylic acids is 1. The first-order chi connectivity index (χ1) is 12.9. The molecule has 1 aliphatic rings. The molecule has 0 spiro atoms. The second-order valence-corrected chi connectivity index (χ2v) is 7.55. The van der Waals surface area contributed by atoms with Crippen LogP contribution < -0.4 is 5.73 Å². The predicted molar refractivity (Wildman–Crippen MR) is 103 cm³/mol. The second-order valence-electron chi connectivity index (χ2n) is 7.55. The number of aryl methyl sites for hydroxylation is 1. The Balaban J connectivity index is 1.79. The first-order valence-electron chi connectivity index (χ1n) is 9.75. The molecule has 1 aromatic carbocycles. The van der Waals surface area contributed by atoms with Gasteiger partial charge in [-0.2, -0.15) is 0 Å². The molecule has 4 nitrogen and oxygen atoms in total. The third-order valence-corrected chi connectivity index (χ3v) is 5.69. The fourth-order valence-electron chi connectivity index (χ4n) is 3.94. The molecule has 27 heavy (non-hydrogen) atoms. The highest BCUT2D eigenvalue weighted by Crippen LogP contribution is 2.31. The second kappa shape index (κ2) is 10.2. The molecule has 7 heteroatoms. The van der Waals surface area contributed by atoms with Crippen molar-refractivity contribution in [2.75, 3.05) is 19.6 Å². The Morgan fingerprint density at radius 3 is 2.56 bits per heavy atom. The zero-order valence-corrected chi connectivity index (χ0v) is 15.8. The zero-order valence-electron chi connectivity index (χ0n) is 15.8. The molecule has 0 aromatic heterocycles. The molecule has 0 amide bonds. The number of hydrogen-bond acceptors (Lipinski definition) is 3. The van der Waals surface area contributed by atoms with Gasteiger partial charge in [0.05, 0.1) is 7.85 Å². The Morgan fingerprint density at radius 2 is 1.96 bits per heavy atom. The van der Waals surface area contributed by atoms with Gasteiger partial charge in [-0.15, -0.1) is 0 Å². The lowest BCUT2D eigenvalue weighted by molar-refractivity contribution is -0.147. The minimum Gasteiger partial charge on any atom is -0.480 e. The molecule has 0 aliphatic carbocycles. The summed E-state index contributed by atoms with van der Waals surface area (Å²) in [7, 11) is 5.50. The van der Waals surface area contributed by atoms with Crippen molar-refractivity contribution in [3.63, 3.8) is 0 Å². The number of carbonyl (C=O) groups is 1. The molecule has 1 fully saturated rings. The fraction of sp³-hybridized carbons (Fsp3) is 0.650. The number of likely N-dealkylation sites (tertiary alicyclic amines) is 1. The summed E-state index contributed by atoms with van der Waals surface area (Å²) in [6.07, 6.45) is 5.33. The maximum atomic E-state index is 13.7. The van der Waals surface area contributed by atoms with E-state index < -0.39 is 23.1 Å². The normalized spacial score (nSPS) is 18.3.